The van der Waals surface area contributed by atoms with Crippen LogP contribution in [0.4, 0.5) is 0 Å². The van der Waals surface area contributed by atoms with Crippen LogP contribution in [0.15, 0.2) is 30.9 Å². The highest BCUT2D eigenvalue weighted by molar-refractivity contribution is 6.35. The highest BCUT2D eigenvalue weighted by Crippen LogP contribution is 2.22. The fourth-order valence-electron chi connectivity index (χ4n) is 1.49. The summed E-state index contributed by atoms with van der Waals surface area (Å²) in [7, 11) is 0. The summed E-state index contributed by atoms with van der Waals surface area (Å²) in [5.74, 6) is 0. The second-order valence-electron chi connectivity index (χ2n) is 3.74. The van der Waals surface area contributed by atoms with Gasteiger partial charge < -0.3 is 5.32 Å². The minimum absolute atomic E-state index is 0.263. The zero-order chi connectivity index (χ0) is 12.0. The number of rotatable bonds is 6. The summed E-state index contributed by atoms with van der Waals surface area (Å²) in [6.45, 7) is 6.95. The molecule has 0 aliphatic heterocycles. The summed E-state index contributed by atoms with van der Waals surface area (Å²) in [5.41, 5.74) is 1.10. The van der Waals surface area contributed by atoms with E-state index in [1.54, 1.807) is 6.07 Å². The van der Waals surface area contributed by atoms with Crippen molar-refractivity contribution in [2.45, 2.75) is 25.8 Å². The van der Waals surface area contributed by atoms with Gasteiger partial charge in [-0.05, 0) is 37.1 Å². The van der Waals surface area contributed by atoms with Crippen molar-refractivity contribution in [1.82, 2.24) is 5.32 Å². The largest absolute Gasteiger partial charge is 0.310 e. The maximum absolute atomic E-state index is 6.12. The van der Waals surface area contributed by atoms with Gasteiger partial charge in [0.05, 0.1) is 0 Å². The van der Waals surface area contributed by atoms with Crippen molar-refractivity contribution in [3.05, 3.63) is 46.5 Å². The molecule has 1 aromatic rings. The van der Waals surface area contributed by atoms with Crippen LogP contribution in [0.3, 0.4) is 0 Å². The average molecular weight is 258 g/mol. The Morgan fingerprint density at radius 3 is 2.75 bits per heavy atom. The predicted molar refractivity (Wildman–Crippen MR) is 72.4 cm³/mol. The van der Waals surface area contributed by atoms with Crippen LogP contribution >= 0.6 is 23.2 Å². The minimum Gasteiger partial charge on any atom is -0.310 e. The molecule has 88 valence electrons. The SMILES string of the molecule is C=CC(Cc1ccc(Cl)cc1Cl)NCCC. The first kappa shape index (κ1) is 13.6. The standard InChI is InChI=1S/C13H17Cl2N/c1-3-7-16-12(4-2)8-10-5-6-11(14)9-13(10)15/h4-6,9,12,16H,2-3,7-8H2,1H3. The van der Waals surface area contributed by atoms with Crippen molar-refractivity contribution >= 4 is 23.2 Å². The summed E-state index contributed by atoms with van der Waals surface area (Å²) in [6, 6.07) is 5.87. The lowest BCUT2D eigenvalue weighted by atomic mass is 10.1. The highest BCUT2D eigenvalue weighted by Gasteiger charge is 2.07. The van der Waals surface area contributed by atoms with E-state index < -0.39 is 0 Å². The van der Waals surface area contributed by atoms with E-state index in [0.29, 0.717) is 5.02 Å². The van der Waals surface area contributed by atoms with Gasteiger partial charge in [0.1, 0.15) is 0 Å². The fraction of sp³-hybridized carbons (Fsp3) is 0.385. The third-order valence-corrected chi connectivity index (χ3v) is 2.98. The van der Waals surface area contributed by atoms with Crippen LogP contribution in [0.1, 0.15) is 18.9 Å². The number of nitrogens with one attached hydrogen (secondary N) is 1. The van der Waals surface area contributed by atoms with Gasteiger partial charge in [0.15, 0.2) is 0 Å². The Balaban J connectivity index is 2.66. The van der Waals surface area contributed by atoms with Crippen LogP contribution < -0.4 is 5.32 Å². The number of hydrogen-bond donors (Lipinski definition) is 1. The molecule has 1 unspecified atom stereocenters. The van der Waals surface area contributed by atoms with Gasteiger partial charge in [-0.25, -0.2) is 0 Å². The van der Waals surface area contributed by atoms with Crippen LogP contribution in [-0.4, -0.2) is 12.6 Å². The molecule has 0 amide bonds. The van der Waals surface area contributed by atoms with Gasteiger partial charge in [0, 0.05) is 16.1 Å². The zero-order valence-electron chi connectivity index (χ0n) is 9.47. The van der Waals surface area contributed by atoms with Gasteiger partial charge in [0.25, 0.3) is 0 Å². The van der Waals surface area contributed by atoms with E-state index in [0.717, 1.165) is 30.0 Å². The first-order chi connectivity index (χ1) is 7.67. The minimum atomic E-state index is 0.263. The van der Waals surface area contributed by atoms with E-state index in [9.17, 15) is 0 Å². The van der Waals surface area contributed by atoms with Gasteiger partial charge in [-0.2, -0.15) is 0 Å². The van der Waals surface area contributed by atoms with Gasteiger partial charge in [-0.1, -0.05) is 42.3 Å². The first-order valence-corrected chi connectivity index (χ1v) is 6.22. The van der Waals surface area contributed by atoms with Gasteiger partial charge in [-0.15, -0.1) is 6.58 Å². The van der Waals surface area contributed by atoms with E-state index >= 15 is 0 Å². The van der Waals surface area contributed by atoms with Crippen LogP contribution in [0, 0.1) is 0 Å². The third kappa shape index (κ3) is 4.17. The Bertz CT molecular complexity index is 350. The molecule has 16 heavy (non-hydrogen) atoms. The molecule has 0 spiro atoms. The fourth-order valence-corrected chi connectivity index (χ4v) is 1.98. The molecule has 1 rings (SSSR count). The molecule has 1 N–H and O–H groups in total. The second kappa shape index (κ2) is 6.95. The number of halogens is 2. The summed E-state index contributed by atoms with van der Waals surface area (Å²) in [5, 5.41) is 4.79. The van der Waals surface area contributed by atoms with E-state index in [1.165, 1.54) is 0 Å². The Hall–Kier alpha value is -0.500. The van der Waals surface area contributed by atoms with Crippen molar-refractivity contribution in [2.75, 3.05) is 6.54 Å². The maximum Gasteiger partial charge on any atom is 0.0453 e. The lowest BCUT2D eigenvalue weighted by Gasteiger charge is -2.15. The molecule has 0 aromatic heterocycles. The quantitative estimate of drug-likeness (QED) is 0.758. The molecular formula is C13H17Cl2N. The zero-order valence-corrected chi connectivity index (χ0v) is 11.0. The average Bonchev–Trinajstić information content (AvgIpc) is 2.27. The summed E-state index contributed by atoms with van der Waals surface area (Å²) in [6.07, 6.45) is 3.87. The lowest BCUT2D eigenvalue weighted by molar-refractivity contribution is 0.585. The van der Waals surface area contributed by atoms with Gasteiger partial charge >= 0.3 is 0 Å². The van der Waals surface area contributed by atoms with Crippen LogP contribution in [0.25, 0.3) is 0 Å². The van der Waals surface area contributed by atoms with E-state index in [-0.39, 0.29) is 6.04 Å². The molecular weight excluding hydrogens is 241 g/mol. The molecule has 1 nitrogen and oxygen atoms in total. The topological polar surface area (TPSA) is 12.0 Å². The molecule has 0 saturated carbocycles. The number of hydrogen-bond acceptors (Lipinski definition) is 1. The Labute approximate surface area is 107 Å². The Kier molecular flexibility index (Phi) is 5.89. The maximum atomic E-state index is 6.12. The highest BCUT2D eigenvalue weighted by atomic mass is 35.5. The Morgan fingerprint density at radius 1 is 1.44 bits per heavy atom. The van der Waals surface area contributed by atoms with Crippen molar-refractivity contribution in [3.63, 3.8) is 0 Å². The second-order valence-corrected chi connectivity index (χ2v) is 4.58. The molecule has 0 fully saturated rings. The molecule has 1 atom stereocenters. The van der Waals surface area contributed by atoms with Crippen molar-refractivity contribution < 1.29 is 0 Å². The van der Waals surface area contributed by atoms with Crippen molar-refractivity contribution in [3.8, 4) is 0 Å². The van der Waals surface area contributed by atoms with Crippen LogP contribution in [0.5, 0.6) is 0 Å². The van der Waals surface area contributed by atoms with Gasteiger partial charge in [-0.3, -0.25) is 0 Å². The van der Waals surface area contributed by atoms with Gasteiger partial charge in [0.2, 0.25) is 0 Å². The normalized spacial score (nSPS) is 12.4. The molecule has 1 aromatic carbocycles. The third-order valence-electron chi connectivity index (χ3n) is 2.40. The first-order valence-electron chi connectivity index (χ1n) is 5.47. The molecule has 0 bridgehead atoms. The van der Waals surface area contributed by atoms with E-state index in [4.69, 9.17) is 23.2 Å². The monoisotopic (exact) mass is 257 g/mol. The van der Waals surface area contributed by atoms with Crippen molar-refractivity contribution in [2.24, 2.45) is 0 Å². The molecule has 0 radical (unpaired) electrons. The summed E-state index contributed by atoms with van der Waals surface area (Å²) in [4.78, 5) is 0. The van der Waals surface area contributed by atoms with Crippen LogP contribution in [0.2, 0.25) is 10.0 Å². The predicted octanol–water partition coefficient (Wildman–Crippen LogP) is 4.09. The van der Waals surface area contributed by atoms with Crippen LogP contribution in [-0.2, 0) is 6.42 Å². The smallest absolute Gasteiger partial charge is 0.0453 e. The molecule has 0 aliphatic rings. The van der Waals surface area contributed by atoms with E-state index in [1.807, 2.05) is 18.2 Å². The molecule has 0 aliphatic carbocycles. The Morgan fingerprint density at radius 2 is 2.19 bits per heavy atom. The van der Waals surface area contributed by atoms with Crippen molar-refractivity contribution in [1.29, 1.82) is 0 Å². The number of benzene rings is 1. The summed E-state index contributed by atoms with van der Waals surface area (Å²) < 4.78 is 0. The molecule has 0 heterocycles. The van der Waals surface area contributed by atoms with E-state index in [2.05, 4.69) is 18.8 Å². The summed E-state index contributed by atoms with van der Waals surface area (Å²) >= 11 is 12.0. The molecule has 0 saturated heterocycles. The lowest BCUT2D eigenvalue weighted by Crippen LogP contribution is -2.29. The molecule has 3 heteroatoms.